The molecule has 2 rings (SSSR count). The molecular formula is C26H41N5O3. The highest BCUT2D eigenvalue weighted by Gasteiger charge is 2.16. The third kappa shape index (κ3) is 9.65. The van der Waals surface area contributed by atoms with Crippen LogP contribution in [0, 0.1) is 6.92 Å². The van der Waals surface area contributed by atoms with Gasteiger partial charge in [-0.15, -0.1) is 0 Å². The van der Waals surface area contributed by atoms with Gasteiger partial charge in [0.15, 0.2) is 0 Å². The number of aromatic nitrogens is 2. The number of ether oxygens (including phenoxy) is 1. The number of nitrogen functional groups attached to an aromatic ring is 1. The van der Waals surface area contributed by atoms with E-state index in [4.69, 9.17) is 10.5 Å². The summed E-state index contributed by atoms with van der Waals surface area (Å²) in [5.41, 5.74) is 9.66. The first-order chi connectivity index (χ1) is 16.3. The van der Waals surface area contributed by atoms with E-state index in [0.29, 0.717) is 18.8 Å². The normalized spacial score (nSPS) is 12.1. The van der Waals surface area contributed by atoms with Crippen LogP contribution in [0.4, 0.5) is 11.8 Å². The van der Waals surface area contributed by atoms with E-state index in [9.17, 15) is 9.90 Å². The number of aliphatic hydroxyl groups excluding tert-OH is 1. The maximum Gasteiger partial charge on any atom is 0.310 e. The molecule has 2 aromatic rings. The Hall–Kier alpha value is -2.71. The number of carbonyl (C=O) groups excluding carboxylic acids is 1. The fraction of sp³-hybridized carbons (Fsp3) is 0.577. The van der Waals surface area contributed by atoms with Crippen LogP contribution in [0.3, 0.4) is 0 Å². The van der Waals surface area contributed by atoms with Gasteiger partial charge in [-0.1, -0.05) is 44.0 Å². The average molecular weight is 472 g/mol. The smallest absolute Gasteiger partial charge is 0.310 e. The number of benzene rings is 1. The summed E-state index contributed by atoms with van der Waals surface area (Å²) in [6.45, 7) is 5.53. The first kappa shape index (κ1) is 27.5. The van der Waals surface area contributed by atoms with Gasteiger partial charge < -0.3 is 25.8 Å². The lowest BCUT2D eigenvalue weighted by Gasteiger charge is -2.20. The van der Waals surface area contributed by atoms with Crippen molar-refractivity contribution in [2.24, 2.45) is 0 Å². The van der Waals surface area contributed by atoms with Crippen LogP contribution >= 0.6 is 0 Å². The Bertz CT molecular complexity index is 887. The highest BCUT2D eigenvalue weighted by molar-refractivity contribution is 5.72. The van der Waals surface area contributed by atoms with Crippen LogP contribution in [0.5, 0.6) is 0 Å². The van der Waals surface area contributed by atoms with E-state index in [1.807, 2.05) is 45.3 Å². The molecule has 4 N–H and O–H groups in total. The van der Waals surface area contributed by atoms with Crippen LogP contribution < -0.4 is 11.1 Å². The van der Waals surface area contributed by atoms with E-state index in [2.05, 4.69) is 27.1 Å². The number of aliphatic hydroxyl groups is 1. The Morgan fingerprint density at radius 2 is 1.85 bits per heavy atom. The van der Waals surface area contributed by atoms with Crippen LogP contribution in [0.2, 0.25) is 0 Å². The molecule has 1 heterocycles. The molecule has 0 aliphatic rings. The molecule has 0 aliphatic carbocycles. The zero-order chi connectivity index (χ0) is 24.9. The summed E-state index contributed by atoms with van der Waals surface area (Å²) in [7, 11) is 4.07. The van der Waals surface area contributed by atoms with E-state index in [1.165, 1.54) is 0 Å². The Kier molecular flexibility index (Phi) is 11.8. The molecule has 8 nitrogen and oxygen atoms in total. The summed E-state index contributed by atoms with van der Waals surface area (Å²) >= 11 is 0. The number of nitrogens with two attached hydrogens (primary N) is 1. The number of esters is 1. The molecule has 1 atom stereocenters. The van der Waals surface area contributed by atoms with Gasteiger partial charge >= 0.3 is 5.97 Å². The monoisotopic (exact) mass is 471 g/mol. The molecule has 1 aromatic carbocycles. The van der Waals surface area contributed by atoms with Crippen LogP contribution in [-0.4, -0.2) is 65.8 Å². The van der Waals surface area contributed by atoms with Gasteiger partial charge in [0, 0.05) is 17.7 Å². The molecule has 0 spiro atoms. The summed E-state index contributed by atoms with van der Waals surface area (Å²) in [5, 5.41) is 13.1. The SMILES string of the molecule is CCCC[C@@H](CO)Nc1nc(N)nc(C)c1Cc1ccc(CC(=O)OCCCCN(C)C)cc1. The van der Waals surface area contributed by atoms with Crippen LogP contribution in [0.25, 0.3) is 0 Å². The number of unbranched alkanes of at least 4 members (excludes halogenated alkanes) is 2. The second-order valence-corrected chi connectivity index (χ2v) is 9.06. The van der Waals surface area contributed by atoms with Gasteiger partial charge in [0.1, 0.15) is 5.82 Å². The lowest BCUT2D eigenvalue weighted by Crippen LogP contribution is -2.25. The van der Waals surface area contributed by atoms with Crippen molar-refractivity contribution in [2.45, 2.75) is 64.8 Å². The third-order valence-electron chi connectivity index (χ3n) is 5.71. The van der Waals surface area contributed by atoms with Gasteiger partial charge in [0.2, 0.25) is 5.95 Å². The van der Waals surface area contributed by atoms with E-state index in [-0.39, 0.29) is 31.0 Å². The number of anilines is 2. The van der Waals surface area contributed by atoms with Gasteiger partial charge in [0.25, 0.3) is 0 Å². The Morgan fingerprint density at radius 3 is 2.50 bits per heavy atom. The van der Waals surface area contributed by atoms with Crippen molar-refractivity contribution in [1.82, 2.24) is 14.9 Å². The molecule has 0 unspecified atom stereocenters. The standard InChI is InChI=1S/C26H41N5O3/c1-5-6-9-22(18-32)29-25-23(19(2)28-26(27)30-25)16-20-10-12-21(13-11-20)17-24(33)34-15-8-7-14-31(3)4/h10-13,22,32H,5-9,14-18H2,1-4H3,(H3,27,28,29,30)/t22-/m0/s1. The van der Waals surface area contributed by atoms with E-state index < -0.39 is 0 Å². The molecule has 8 heteroatoms. The largest absolute Gasteiger partial charge is 0.465 e. The lowest BCUT2D eigenvalue weighted by atomic mass is 10.0. The molecule has 34 heavy (non-hydrogen) atoms. The number of hydrogen-bond acceptors (Lipinski definition) is 8. The molecule has 0 saturated heterocycles. The van der Waals surface area contributed by atoms with Crippen molar-refractivity contribution in [3.05, 3.63) is 46.6 Å². The van der Waals surface area contributed by atoms with E-state index >= 15 is 0 Å². The second-order valence-electron chi connectivity index (χ2n) is 9.06. The second kappa shape index (κ2) is 14.5. The summed E-state index contributed by atoms with van der Waals surface area (Å²) in [4.78, 5) is 23.0. The number of carbonyl (C=O) groups is 1. The van der Waals surface area contributed by atoms with E-state index in [1.54, 1.807) is 0 Å². The van der Waals surface area contributed by atoms with Gasteiger partial charge in [-0.2, -0.15) is 4.98 Å². The molecule has 0 aliphatic heterocycles. The molecule has 0 amide bonds. The molecule has 0 bridgehead atoms. The Labute approximate surface area is 203 Å². The highest BCUT2D eigenvalue weighted by atomic mass is 16.5. The molecule has 188 valence electrons. The van der Waals surface area contributed by atoms with Gasteiger partial charge in [-0.25, -0.2) is 4.98 Å². The van der Waals surface area contributed by atoms with Gasteiger partial charge in [-0.05, 0) is 58.0 Å². The highest BCUT2D eigenvalue weighted by Crippen LogP contribution is 2.23. The van der Waals surface area contributed by atoms with Crippen molar-refractivity contribution in [3.8, 4) is 0 Å². The van der Waals surface area contributed by atoms with Crippen LogP contribution in [0.1, 0.15) is 61.4 Å². The van der Waals surface area contributed by atoms with Crippen molar-refractivity contribution in [2.75, 3.05) is 44.9 Å². The lowest BCUT2D eigenvalue weighted by molar-refractivity contribution is -0.142. The van der Waals surface area contributed by atoms with Crippen molar-refractivity contribution in [3.63, 3.8) is 0 Å². The maximum absolute atomic E-state index is 12.1. The summed E-state index contributed by atoms with van der Waals surface area (Å²) in [6.07, 6.45) is 5.71. The molecule has 0 radical (unpaired) electrons. The zero-order valence-electron chi connectivity index (χ0n) is 21.1. The minimum atomic E-state index is -0.200. The third-order valence-corrected chi connectivity index (χ3v) is 5.71. The minimum absolute atomic E-state index is 0.0306. The number of hydrogen-bond donors (Lipinski definition) is 3. The molecule has 0 saturated carbocycles. The van der Waals surface area contributed by atoms with Crippen molar-refractivity contribution in [1.29, 1.82) is 0 Å². The van der Waals surface area contributed by atoms with Gasteiger partial charge in [-0.3, -0.25) is 4.79 Å². The number of rotatable bonds is 15. The van der Waals surface area contributed by atoms with E-state index in [0.717, 1.165) is 61.0 Å². The number of nitrogens with zero attached hydrogens (tertiary/aromatic N) is 3. The van der Waals surface area contributed by atoms with Gasteiger partial charge in [0.05, 0.1) is 25.7 Å². The zero-order valence-corrected chi connectivity index (χ0v) is 21.1. The summed E-state index contributed by atoms with van der Waals surface area (Å²) < 4.78 is 5.36. The molecule has 0 fully saturated rings. The average Bonchev–Trinajstić information content (AvgIpc) is 2.79. The Morgan fingerprint density at radius 1 is 1.15 bits per heavy atom. The predicted octanol–water partition coefficient (Wildman–Crippen LogP) is 3.35. The number of aryl methyl sites for hydroxylation is 1. The quantitative estimate of drug-likeness (QED) is 0.268. The summed E-state index contributed by atoms with van der Waals surface area (Å²) in [6, 6.07) is 7.87. The predicted molar refractivity (Wildman–Crippen MR) is 137 cm³/mol. The topological polar surface area (TPSA) is 114 Å². The number of nitrogens with one attached hydrogen (secondary N) is 1. The summed E-state index contributed by atoms with van der Waals surface area (Å²) in [5.74, 6) is 0.683. The Balaban J connectivity index is 1.98. The van der Waals surface area contributed by atoms with Crippen LogP contribution in [-0.2, 0) is 22.4 Å². The van der Waals surface area contributed by atoms with Crippen molar-refractivity contribution < 1.29 is 14.6 Å². The van der Waals surface area contributed by atoms with Crippen molar-refractivity contribution >= 4 is 17.7 Å². The fourth-order valence-electron chi connectivity index (χ4n) is 3.71. The molecule has 1 aromatic heterocycles. The first-order valence-corrected chi connectivity index (χ1v) is 12.2. The first-order valence-electron chi connectivity index (χ1n) is 12.2. The molecular weight excluding hydrogens is 430 g/mol. The maximum atomic E-state index is 12.1. The minimum Gasteiger partial charge on any atom is -0.465 e. The fourth-order valence-corrected chi connectivity index (χ4v) is 3.71. The van der Waals surface area contributed by atoms with Crippen LogP contribution in [0.15, 0.2) is 24.3 Å².